The summed E-state index contributed by atoms with van der Waals surface area (Å²) in [6.07, 6.45) is 3.70. The van der Waals surface area contributed by atoms with E-state index in [1.54, 1.807) is 0 Å². The lowest BCUT2D eigenvalue weighted by Gasteiger charge is -2.38. The third kappa shape index (κ3) is 5.05. The van der Waals surface area contributed by atoms with Gasteiger partial charge in [0.25, 0.3) is 0 Å². The van der Waals surface area contributed by atoms with Crippen LogP contribution in [0.15, 0.2) is 54.6 Å². The van der Waals surface area contributed by atoms with Gasteiger partial charge >= 0.3 is 0 Å². The van der Waals surface area contributed by atoms with Crippen molar-refractivity contribution in [2.45, 2.75) is 37.6 Å². The molecule has 2 fully saturated rings. The number of carbonyl (C=O) groups excluding carboxylic acids is 1. The summed E-state index contributed by atoms with van der Waals surface area (Å²) >= 11 is 6.30. The Morgan fingerprint density at radius 2 is 1.70 bits per heavy atom. The summed E-state index contributed by atoms with van der Waals surface area (Å²) < 4.78 is 5.61. The molecule has 0 atom stereocenters. The van der Waals surface area contributed by atoms with E-state index in [1.807, 2.05) is 24.3 Å². The van der Waals surface area contributed by atoms with Gasteiger partial charge in [0.1, 0.15) is 0 Å². The molecule has 5 heteroatoms. The minimum Gasteiger partial charge on any atom is -0.381 e. The fourth-order valence-corrected chi connectivity index (χ4v) is 4.94. The third-order valence-corrected chi connectivity index (χ3v) is 7.12. The molecule has 2 heterocycles. The van der Waals surface area contributed by atoms with Crippen molar-refractivity contribution in [1.82, 2.24) is 10.2 Å². The van der Waals surface area contributed by atoms with Crippen molar-refractivity contribution in [3.8, 4) is 0 Å². The number of rotatable bonds is 6. The summed E-state index contributed by atoms with van der Waals surface area (Å²) in [7, 11) is 0. The minimum atomic E-state index is -0.0140. The molecule has 0 spiro atoms. The second-order valence-electron chi connectivity index (χ2n) is 8.62. The van der Waals surface area contributed by atoms with Gasteiger partial charge in [0, 0.05) is 42.7 Å². The summed E-state index contributed by atoms with van der Waals surface area (Å²) in [4.78, 5) is 15.3. The van der Waals surface area contributed by atoms with Crippen LogP contribution in [-0.4, -0.2) is 43.7 Å². The van der Waals surface area contributed by atoms with Gasteiger partial charge in [-0.25, -0.2) is 0 Å². The molecule has 2 aromatic carbocycles. The molecule has 2 aliphatic rings. The predicted molar refractivity (Wildman–Crippen MR) is 121 cm³/mol. The number of nitrogens with zero attached hydrogens (tertiary/aromatic N) is 1. The van der Waals surface area contributed by atoms with Crippen molar-refractivity contribution in [2.24, 2.45) is 5.92 Å². The zero-order valence-electron chi connectivity index (χ0n) is 17.5. The first kappa shape index (κ1) is 21.4. The number of benzene rings is 2. The van der Waals surface area contributed by atoms with Gasteiger partial charge in [0.05, 0.1) is 0 Å². The van der Waals surface area contributed by atoms with Crippen molar-refractivity contribution >= 4 is 17.5 Å². The zero-order valence-corrected chi connectivity index (χ0v) is 18.2. The van der Waals surface area contributed by atoms with E-state index in [4.69, 9.17) is 16.3 Å². The van der Waals surface area contributed by atoms with Gasteiger partial charge in [0.15, 0.2) is 0 Å². The normalized spacial score (nSPS) is 20.0. The lowest BCUT2D eigenvalue weighted by atomic mass is 9.74. The average Bonchev–Trinajstić information content (AvgIpc) is 2.81. The summed E-state index contributed by atoms with van der Waals surface area (Å²) in [5.74, 6) is 0.300. The Morgan fingerprint density at radius 1 is 1.03 bits per heavy atom. The quantitative estimate of drug-likeness (QED) is 0.743. The van der Waals surface area contributed by atoms with Crippen LogP contribution in [0.5, 0.6) is 0 Å². The summed E-state index contributed by atoms with van der Waals surface area (Å²) in [6.45, 7) is 4.92. The monoisotopic (exact) mass is 426 g/mol. The van der Waals surface area contributed by atoms with Crippen LogP contribution in [0.2, 0.25) is 5.02 Å². The maximum atomic E-state index is 13.0. The first-order valence-electron chi connectivity index (χ1n) is 11.0. The van der Waals surface area contributed by atoms with Crippen LogP contribution in [0, 0.1) is 5.92 Å². The van der Waals surface area contributed by atoms with Gasteiger partial charge in [0.2, 0.25) is 5.91 Å². The highest BCUT2D eigenvalue weighted by atomic mass is 35.5. The summed E-state index contributed by atoms with van der Waals surface area (Å²) in [5.41, 5.74) is 2.45. The lowest BCUT2D eigenvalue weighted by Crippen LogP contribution is -2.47. The van der Waals surface area contributed by atoms with Crippen molar-refractivity contribution in [3.63, 3.8) is 0 Å². The minimum absolute atomic E-state index is 0.0140. The summed E-state index contributed by atoms with van der Waals surface area (Å²) in [5, 5.41) is 4.12. The topological polar surface area (TPSA) is 41.6 Å². The lowest BCUT2D eigenvalue weighted by molar-refractivity contribution is -0.127. The second-order valence-corrected chi connectivity index (χ2v) is 9.03. The van der Waals surface area contributed by atoms with Crippen molar-refractivity contribution in [3.05, 3.63) is 70.7 Å². The van der Waals surface area contributed by atoms with E-state index in [2.05, 4.69) is 40.5 Å². The Hall–Kier alpha value is -1.88. The number of piperidine rings is 1. The van der Waals surface area contributed by atoms with E-state index < -0.39 is 0 Å². The summed E-state index contributed by atoms with van der Waals surface area (Å²) in [6, 6.07) is 18.6. The van der Waals surface area contributed by atoms with Gasteiger partial charge < -0.3 is 10.1 Å². The first-order valence-corrected chi connectivity index (χ1v) is 11.4. The molecule has 0 radical (unpaired) electrons. The number of hydrogen-bond donors (Lipinski definition) is 1. The number of ether oxygens (including phenoxy) is 1. The van der Waals surface area contributed by atoms with Crippen molar-refractivity contribution in [1.29, 1.82) is 0 Å². The smallest absolute Gasteiger partial charge is 0.223 e. The Bertz CT molecular complexity index is 828. The van der Waals surface area contributed by atoms with E-state index in [-0.39, 0.29) is 17.2 Å². The van der Waals surface area contributed by atoms with E-state index >= 15 is 0 Å². The molecule has 0 aliphatic carbocycles. The molecule has 4 nitrogen and oxygen atoms in total. The number of amides is 1. The molecule has 0 aromatic heterocycles. The van der Waals surface area contributed by atoms with Gasteiger partial charge in [-0.2, -0.15) is 0 Å². The van der Waals surface area contributed by atoms with Crippen LogP contribution in [0.4, 0.5) is 0 Å². The average molecular weight is 427 g/mol. The predicted octanol–water partition coefficient (Wildman–Crippen LogP) is 4.42. The van der Waals surface area contributed by atoms with Gasteiger partial charge in [-0.3, -0.25) is 9.69 Å². The van der Waals surface area contributed by atoms with Crippen LogP contribution < -0.4 is 5.32 Å². The van der Waals surface area contributed by atoms with E-state index in [0.717, 1.165) is 69.1 Å². The molecule has 2 saturated heterocycles. The van der Waals surface area contributed by atoms with Gasteiger partial charge in [-0.05, 0) is 56.0 Å². The van der Waals surface area contributed by atoms with Gasteiger partial charge in [-0.15, -0.1) is 0 Å². The largest absolute Gasteiger partial charge is 0.381 e. The van der Waals surface area contributed by atoms with Crippen LogP contribution in [0.3, 0.4) is 0 Å². The van der Waals surface area contributed by atoms with Crippen LogP contribution >= 0.6 is 11.6 Å². The third-order valence-electron chi connectivity index (χ3n) is 6.75. The molecule has 160 valence electrons. The van der Waals surface area contributed by atoms with Crippen molar-refractivity contribution < 1.29 is 9.53 Å². The molecule has 1 amide bonds. The fraction of sp³-hybridized carbons (Fsp3) is 0.480. The van der Waals surface area contributed by atoms with Gasteiger partial charge in [-0.1, -0.05) is 60.1 Å². The van der Waals surface area contributed by atoms with Crippen LogP contribution in [0.1, 0.15) is 36.8 Å². The molecule has 4 rings (SSSR count). The molecule has 0 bridgehead atoms. The van der Waals surface area contributed by atoms with E-state index in [0.29, 0.717) is 6.54 Å². The molecule has 2 aliphatic heterocycles. The fourth-order valence-electron chi connectivity index (χ4n) is 4.74. The standard InChI is InChI=1S/C25H31ClN2O2/c26-23-9-5-4-6-21(23)18-28-14-10-20(11-15-28)24(29)27-19-25(12-16-30-17-13-25)22-7-2-1-3-8-22/h1-9,20H,10-19H2,(H,27,29). The SMILES string of the molecule is O=C(NCC1(c2ccccc2)CCOCC1)C1CCN(Cc2ccccc2Cl)CC1. The Morgan fingerprint density at radius 3 is 2.40 bits per heavy atom. The van der Waals surface area contributed by atoms with Crippen LogP contribution in [0.25, 0.3) is 0 Å². The molecule has 0 unspecified atom stereocenters. The van der Waals surface area contributed by atoms with E-state index in [9.17, 15) is 4.79 Å². The number of halogens is 1. The highest BCUT2D eigenvalue weighted by Gasteiger charge is 2.35. The van der Waals surface area contributed by atoms with E-state index in [1.165, 1.54) is 5.56 Å². The molecule has 2 aromatic rings. The number of likely N-dealkylation sites (tertiary alicyclic amines) is 1. The van der Waals surface area contributed by atoms with Crippen molar-refractivity contribution in [2.75, 3.05) is 32.8 Å². The number of nitrogens with one attached hydrogen (secondary N) is 1. The Kier molecular flexibility index (Phi) is 7.08. The molecule has 1 N–H and O–H groups in total. The molecular formula is C25H31ClN2O2. The molecule has 30 heavy (non-hydrogen) atoms. The maximum absolute atomic E-state index is 13.0. The Labute approximate surface area is 184 Å². The highest BCUT2D eigenvalue weighted by molar-refractivity contribution is 6.31. The highest BCUT2D eigenvalue weighted by Crippen LogP contribution is 2.34. The zero-order chi connectivity index (χ0) is 20.8. The first-order chi connectivity index (χ1) is 14.7. The number of hydrogen-bond acceptors (Lipinski definition) is 3. The Balaban J connectivity index is 1.30. The second kappa shape index (κ2) is 9.95. The molecule has 0 saturated carbocycles. The molecular weight excluding hydrogens is 396 g/mol. The van der Waals surface area contributed by atoms with Crippen LogP contribution in [-0.2, 0) is 21.5 Å². The maximum Gasteiger partial charge on any atom is 0.223 e. The number of carbonyl (C=O) groups is 1.